The number of aryl methyl sites for hydroxylation is 2. The molecule has 1 aliphatic rings. The minimum absolute atomic E-state index is 0.149. The Balaban J connectivity index is 1.63. The van der Waals surface area contributed by atoms with Crippen LogP contribution in [0.5, 0.6) is 0 Å². The Morgan fingerprint density at radius 1 is 1.38 bits per heavy atom. The summed E-state index contributed by atoms with van der Waals surface area (Å²) < 4.78 is 7.73. The van der Waals surface area contributed by atoms with Crippen molar-refractivity contribution in [2.45, 2.75) is 45.4 Å². The molecular formula is C18H24N4O2. The lowest BCUT2D eigenvalue weighted by atomic mass is 10.2. The van der Waals surface area contributed by atoms with Gasteiger partial charge in [-0.25, -0.2) is 4.98 Å². The van der Waals surface area contributed by atoms with E-state index in [-0.39, 0.29) is 12.0 Å². The van der Waals surface area contributed by atoms with E-state index in [2.05, 4.69) is 9.97 Å². The van der Waals surface area contributed by atoms with Gasteiger partial charge in [0.15, 0.2) is 0 Å². The zero-order valence-corrected chi connectivity index (χ0v) is 14.1. The maximum atomic E-state index is 12.8. The van der Waals surface area contributed by atoms with Gasteiger partial charge in [-0.15, -0.1) is 0 Å². The number of carbonyl (C=O) groups is 1. The summed E-state index contributed by atoms with van der Waals surface area (Å²) in [6.45, 7) is 4.67. The second kappa shape index (κ2) is 8.06. The Morgan fingerprint density at radius 3 is 2.88 bits per heavy atom. The number of pyridine rings is 1. The molecule has 0 aromatic carbocycles. The lowest BCUT2D eigenvalue weighted by Gasteiger charge is -2.26. The van der Waals surface area contributed by atoms with Crippen LogP contribution in [0.3, 0.4) is 0 Å². The second-order valence-corrected chi connectivity index (χ2v) is 6.18. The molecule has 0 bridgehead atoms. The zero-order valence-electron chi connectivity index (χ0n) is 14.1. The lowest BCUT2D eigenvalue weighted by Crippen LogP contribution is -2.37. The van der Waals surface area contributed by atoms with E-state index in [0.717, 1.165) is 30.8 Å². The number of hydrogen-bond donors (Lipinski definition) is 0. The van der Waals surface area contributed by atoms with Crippen LogP contribution in [0.15, 0.2) is 36.9 Å². The van der Waals surface area contributed by atoms with Gasteiger partial charge in [0.25, 0.3) is 0 Å². The predicted molar refractivity (Wildman–Crippen MR) is 90.2 cm³/mol. The monoisotopic (exact) mass is 328 g/mol. The largest absolute Gasteiger partial charge is 0.376 e. The molecule has 1 fully saturated rings. The summed E-state index contributed by atoms with van der Waals surface area (Å²) in [5, 5.41) is 0. The van der Waals surface area contributed by atoms with Gasteiger partial charge in [0.1, 0.15) is 5.82 Å². The molecule has 128 valence electrons. The quantitative estimate of drug-likeness (QED) is 0.782. The highest BCUT2D eigenvalue weighted by Gasteiger charge is 2.22. The van der Waals surface area contributed by atoms with Crippen molar-refractivity contribution < 1.29 is 9.53 Å². The molecule has 2 aromatic rings. The first-order chi connectivity index (χ1) is 11.7. The fourth-order valence-corrected chi connectivity index (χ4v) is 3.01. The number of imidazole rings is 1. The van der Waals surface area contributed by atoms with Crippen molar-refractivity contribution in [3.05, 3.63) is 48.3 Å². The van der Waals surface area contributed by atoms with Crippen molar-refractivity contribution in [3.63, 3.8) is 0 Å². The van der Waals surface area contributed by atoms with Crippen molar-refractivity contribution in [2.24, 2.45) is 0 Å². The van der Waals surface area contributed by atoms with E-state index < -0.39 is 0 Å². The third-order valence-corrected chi connectivity index (χ3v) is 4.41. The second-order valence-electron chi connectivity index (χ2n) is 6.18. The summed E-state index contributed by atoms with van der Waals surface area (Å²) in [4.78, 5) is 22.9. The van der Waals surface area contributed by atoms with Crippen molar-refractivity contribution in [1.82, 2.24) is 19.4 Å². The molecule has 0 aliphatic carbocycles. The summed E-state index contributed by atoms with van der Waals surface area (Å²) in [5.74, 6) is 1.08. The molecule has 0 N–H and O–H groups in total. The van der Waals surface area contributed by atoms with Crippen LogP contribution in [0.4, 0.5) is 0 Å². The first-order valence-electron chi connectivity index (χ1n) is 8.48. The fraction of sp³-hybridized carbons (Fsp3) is 0.500. The first-order valence-corrected chi connectivity index (χ1v) is 8.48. The number of carbonyl (C=O) groups excluding carboxylic acids is 1. The Morgan fingerprint density at radius 2 is 2.21 bits per heavy atom. The van der Waals surface area contributed by atoms with Gasteiger partial charge in [-0.2, -0.15) is 0 Å². The van der Waals surface area contributed by atoms with E-state index in [4.69, 9.17) is 4.74 Å². The highest BCUT2D eigenvalue weighted by atomic mass is 16.5. The van der Waals surface area contributed by atoms with E-state index in [1.807, 2.05) is 34.7 Å². The number of nitrogens with zero attached hydrogens (tertiary/aromatic N) is 4. The van der Waals surface area contributed by atoms with Crippen molar-refractivity contribution in [3.8, 4) is 0 Å². The number of hydrogen-bond acceptors (Lipinski definition) is 4. The lowest BCUT2D eigenvalue weighted by molar-refractivity contribution is -0.133. The molecule has 3 rings (SSSR count). The molecule has 1 saturated heterocycles. The number of aromatic nitrogens is 3. The van der Waals surface area contributed by atoms with Gasteiger partial charge >= 0.3 is 0 Å². The number of ether oxygens (including phenoxy) is 1. The molecule has 1 aliphatic heterocycles. The van der Waals surface area contributed by atoms with Crippen molar-refractivity contribution in [2.75, 3.05) is 13.2 Å². The van der Waals surface area contributed by atoms with Crippen molar-refractivity contribution in [1.29, 1.82) is 0 Å². The Labute approximate surface area is 142 Å². The van der Waals surface area contributed by atoms with E-state index >= 15 is 0 Å². The van der Waals surface area contributed by atoms with Crippen LogP contribution in [0.2, 0.25) is 0 Å². The average Bonchev–Trinajstić information content (AvgIpc) is 3.25. The summed E-state index contributed by atoms with van der Waals surface area (Å²) in [6.07, 6.45) is 9.94. The van der Waals surface area contributed by atoms with Gasteiger partial charge < -0.3 is 14.2 Å². The molecule has 6 nitrogen and oxygen atoms in total. The molecule has 0 spiro atoms. The number of amides is 1. The Hall–Kier alpha value is -2.21. The van der Waals surface area contributed by atoms with Crippen LogP contribution >= 0.6 is 0 Å². The van der Waals surface area contributed by atoms with Gasteiger partial charge in [-0.1, -0.05) is 0 Å². The molecule has 0 unspecified atom stereocenters. The van der Waals surface area contributed by atoms with Gasteiger partial charge in [-0.05, 0) is 37.5 Å². The van der Waals surface area contributed by atoms with E-state index in [9.17, 15) is 4.79 Å². The molecule has 0 saturated carbocycles. The van der Waals surface area contributed by atoms with Crippen molar-refractivity contribution >= 4 is 5.91 Å². The SMILES string of the molecule is Cc1nccn1CCC(=O)N(Cc1ccncc1)C[C@H]1CCCO1. The van der Waals surface area contributed by atoms with Crippen LogP contribution in [0, 0.1) is 6.92 Å². The molecule has 1 atom stereocenters. The van der Waals surface area contributed by atoms with E-state index in [1.165, 1.54) is 0 Å². The average molecular weight is 328 g/mol. The molecular weight excluding hydrogens is 304 g/mol. The standard InChI is InChI=1S/C18H24N4O2/c1-15-20-9-11-21(15)10-6-18(23)22(14-17-3-2-12-24-17)13-16-4-7-19-8-5-16/h4-5,7-9,11,17H,2-3,6,10,12-14H2,1H3/t17-/m1/s1. The normalized spacial score (nSPS) is 17.1. The Kier molecular flexibility index (Phi) is 5.59. The highest BCUT2D eigenvalue weighted by Crippen LogP contribution is 2.16. The van der Waals surface area contributed by atoms with Gasteiger partial charge in [0.2, 0.25) is 5.91 Å². The van der Waals surface area contributed by atoms with Gasteiger partial charge in [0, 0.05) is 57.4 Å². The van der Waals surface area contributed by atoms with Crippen LogP contribution in [-0.4, -0.2) is 44.6 Å². The third kappa shape index (κ3) is 4.41. The molecule has 6 heteroatoms. The zero-order chi connectivity index (χ0) is 16.8. The minimum Gasteiger partial charge on any atom is -0.376 e. The van der Waals surface area contributed by atoms with Crippen LogP contribution in [0.25, 0.3) is 0 Å². The summed E-state index contributed by atoms with van der Waals surface area (Å²) in [5.41, 5.74) is 1.09. The van der Waals surface area contributed by atoms with Crippen LogP contribution in [0.1, 0.15) is 30.7 Å². The van der Waals surface area contributed by atoms with Crippen LogP contribution in [-0.2, 0) is 22.6 Å². The topological polar surface area (TPSA) is 60.2 Å². The summed E-state index contributed by atoms with van der Waals surface area (Å²) >= 11 is 0. The van der Waals surface area contributed by atoms with E-state index in [0.29, 0.717) is 26.1 Å². The van der Waals surface area contributed by atoms with Gasteiger partial charge in [-0.3, -0.25) is 9.78 Å². The third-order valence-electron chi connectivity index (χ3n) is 4.41. The molecule has 3 heterocycles. The number of rotatable bonds is 7. The first kappa shape index (κ1) is 16.6. The van der Waals surface area contributed by atoms with Crippen LogP contribution < -0.4 is 0 Å². The molecule has 0 radical (unpaired) electrons. The minimum atomic E-state index is 0.149. The Bertz CT molecular complexity index is 650. The van der Waals surface area contributed by atoms with E-state index in [1.54, 1.807) is 18.6 Å². The smallest absolute Gasteiger partial charge is 0.224 e. The molecule has 2 aromatic heterocycles. The predicted octanol–water partition coefficient (Wildman–Crippen LogP) is 2.18. The summed E-state index contributed by atoms with van der Waals surface area (Å²) in [6, 6.07) is 3.91. The maximum Gasteiger partial charge on any atom is 0.224 e. The maximum absolute atomic E-state index is 12.8. The summed E-state index contributed by atoms with van der Waals surface area (Å²) in [7, 11) is 0. The van der Waals surface area contributed by atoms with Gasteiger partial charge in [0.05, 0.1) is 6.10 Å². The highest BCUT2D eigenvalue weighted by molar-refractivity contribution is 5.76. The molecule has 24 heavy (non-hydrogen) atoms. The molecule has 1 amide bonds. The fourth-order valence-electron chi connectivity index (χ4n) is 3.01.